The third kappa shape index (κ3) is 2.17. The van der Waals surface area contributed by atoms with E-state index < -0.39 is 0 Å². The molecule has 1 saturated carbocycles. The quantitative estimate of drug-likeness (QED) is 0.872. The maximum Gasteiger partial charge on any atom is 0.289 e. The van der Waals surface area contributed by atoms with E-state index in [1.165, 1.54) is 25.7 Å². The van der Waals surface area contributed by atoms with Crippen LogP contribution < -0.4 is 0 Å². The number of hydrogen-bond donors (Lipinski definition) is 1. The van der Waals surface area contributed by atoms with E-state index in [2.05, 4.69) is 0 Å². The van der Waals surface area contributed by atoms with Crippen LogP contribution in [0.1, 0.15) is 42.0 Å². The van der Waals surface area contributed by atoms with Crippen LogP contribution in [0.2, 0.25) is 0 Å². The van der Waals surface area contributed by atoms with E-state index in [9.17, 15) is 4.79 Å². The van der Waals surface area contributed by atoms with Gasteiger partial charge < -0.3 is 14.4 Å². The van der Waals surface area contributed by atoms with E-state index in [1.807, 2.05) is 4.90 Å². The first-order valence-corrected chi connectivity index (χ1v) is 6.75. The Morgan fingerprint density at radius 2 is 2.06 bits per heavy atom. The molecule has 2 bridgehead atoms. The van der Waals surface area contributed by atoms with Crippen LogP contribution in [0.15, 0.2) is 16.5 Å². The smallest absolute Gasteiger partial charge is 0.289 e. The molecule has 1 aliphatic carbocycles. The van der Waals surface area contributed by atoms with Gasteiger partial charge in [0.15, 0.2) is 5.76 Å². The lowest BCUT2D eigenvalue weighted by Crippen LogP contribution is -2.45. The average molecular weight is 249 g/mol. The van der Waals surface area contributed by atoms with Crippen molar-refractivity contribution in [1.82, 2.24) is 4.90 Å². The first-order chi connectivity index (χ1) is 8.76. The molecular formula is C14H19NO3. The number of rotatable bonds is 2. The molecule has 2 fully saturated rings. The lowest BCUT2D eigenvalue weighted by Gasteiger charge is -2.41. The number of fused-ring (bicyclic) bond motifs is 2. The number of piperidine rings is 1. The molecule has 0 spiro atoms. The van der Waals surface area contributed by atoms with Crippen molar-refractivity contribution in [2.45, 2.75) is 32.3 Å². The maximum atomic E-state index is 12.3. The minimum Gasteiger partial charge on any atom is -0.453 e. The Labute approximate surface area is 107 Å². The van der Waals surface area contributed by atoms with Gasteiger partial charge in [-0.2, -0.15) is 0 Å². The molecule has 0 unspecified atom stereocenters. The SMILES string of the molecule is O=C(c1ccc(CO)o1)N1C[C@@H]2CCC[C@H](C2)C1. The van der Waals surface area contributed by atoms with Gasteiger partial charge in [0.1, 0.15) is 12.4 Å². The Morgan fingerprint density at radius 3 is 2.67 bits per heavy atom. The Bertz CT molecular complexity index is 428. The van der Waals surface area contributed by atoms with Gasteiger partial charge in [-0.3, -0.25) is 4.79 Å². The fourth-order valence-corrected chi connectivity index (χ4v) is 3.33. The van der Waals surface area contributed by atoms with Crippen molar-refractivity contribution >= 4 is 5.91 Å². The van der Waals surface area contributed by atoms with Crippen LogP contribution in [0.3, 0.4) is 0 Å². The van der Waals surface area contributed by atoms with Crippen LogP contribution in [-0.4, -0.2) is 29.0 Å². The van der Waals surface area contributed by atoms with Crippen molar-refractivity contribution in [3.8, 4) is 0 Å². The second-order valence-corrected chi connectivity index (χ2v) is 5.53. The molecule has 1 N–H and O–H groups in total. The number of carbonyl (C=O) groups is 1. The molecule has 2 aliphatic rings. The fraction of sp³-hybridized carbons (Fsp3) is 0.643. The van der Waals surface area contributed by atoms with Gasteiger partial charge in [0.25, 0.3) is 5.91 Å². The predicted molar refractivity (Wildman–Crippen MR) is 66.0 cm³/mol. The molecule has 1 saturated heterocycles. The highest BCUT2D eigenvalue weighted by atomic mass is 16.4. The number of aliphatic hydroxyl groups excluding tert-OH is 1. The zero-order valence-corrected chi connectivity index (χ0v) is 10.5. The summed E-state index contributed by atoms with van der Waals surface area (Å²) in [5.41, 5.74) is 0. The number of nitrogens with zero attached hydrogens (tertiary/aromatic N) is 1. The van der Waals surface area contributed by atoms with E-state index in [0.717, 1.165) is 13.1 Å². The monoisotopic (exact) mass is 249 g/mol. The molecule has 2 atom stereocenters. The average Bonchev–Trinajstić information content (AvgIpc) is 2.86. The summed E-state index contributed by atoms with van der Waals surface area (Å²) >= 11 is 0. The van der Waals surface area contributed by atoms with Gasteiger partial charge in [0.05, 0.1) is 0 Å². The number of furan rings is 1. The second-order valence-electron chi connectivity index (χ2n) is 5.53. The Balaban J connectivity index is 1.72. The van der Waals surface area contributed by atoms with Crippen molar-refractivity contribution in [1.29, 1.82) is 0 Å². The number of likely N-dealkylation sites (tertiary alicyclic amines) is 1. The van der Waals surface area contributed by atoms with E-state index >= 15 is 0 Å². The standard InChI is InChI=1S/C14H19NO3/c16-9-12-4-5-13(18-12)14(17)15-7-10-2-1-3-11(6-10)8-15/h4-5,10-11,16H,1-3,6-9H2/t10-,11-/m1/s1. The van der Waals surface area contributed by atoms with Gasteiger partial charge in [-0.1, -0.05) is 6.42 Å². The molecule has 0 radical (unpaired) electrons. The summed E-state index contributed by atoms with van der Waals surface area (Å²) in [6, 6.07) is 3.33. The lowest BCUT2D eigenvalue weighted by molar-refractivity contribution is 0.0472. The van der Waals surface area contributed by atoms with Crippen LogP contribution in [-0.2, 0) is 6.61 Å². The molecule has 3 rings (SSSR count). The van der Waals surface area contributed by atoms with Gasteiger partial charge in [-0.25, -0.2) is 0 Å². The van der Waals surface area contributed by atoms with E-state index in [0.29, 0.717) is 23.4 Å². The van der Waals surface area contributed by atoms with Crippen LogP contribution in [0.4, 0.5) is 0 Å². The van der Waals surface area contributed by atoms with Crippen molar-refractivity contribution in [3.63, 3.8) is 0 Å². The van der Waals surface area contributed by atoms with E-state index in [-0.39, 0.29) is 12.5 Å². The van der Waals surface area contributed by atoms with E-state index in [4.69, 9.17) is 9.52 Å². The normalized spacial score (nSPS) is 27.3. The highest BCUT2D eigenvalue weighted by Crippen LogP contribution is 2.34. The molecular weight excluding hydrogens is 230 g/mol. The van der Waals surface area contributed by atoms with Gasteiger partial charge in [-0.05, 0) is 43.2 Å². The number of carbonyl (C=O) groups excluding carboxylic acids is 1. The summed E-state index contributed by atoms with van der Waals surface area (Å²) < 4.78 is 5.33. The molecule has 98 valence electrons. The third-order valence-electron chi connectivity index (χ3n) is 4.16. The maximum absolute atomic E-state index is 12.3. The summed E-state index contributed by atoms with van der Waals surface area (Å²) in [7, 11) is 0. The summed E-state index contributed by atoms with van der Waals surface area (Å²) in [4.78, 5) is 14.2. The minimum absolute atomic E-state index is 0.0219. The fourth-order valence-electron chi connectivity index (χ4n) is 3.33. The summed E-state index contributed by atoms with van der Waals surface area (Å²) in [6.07, 6.45) is 5.09. The number of amides is 1. The minimum atomic E-state index is -0.154. The zero-order valence-electron chi connectivity index (χ0n) is 10.5. The number of aliphatic hydroxyl groups is 1. The first kappa shape index (κ1) is 11.8. The highest BCUT2D eigenvalue weighted by molar-refractivity contribution is 5.91. The van der Waals surface area contributed by atoms with Gasteiger partial charge >= 0.3 is 0 Å². The van der Waals surface area contributed by atoms with Gasteiger partial charge in [-0.15, -0.1) is 0 Å². The first-order valence-electron chi connectivity index (χ1n) is 6.75. The Morgan fingerprint density at radius 1 is 1.33 bits per heavy atom. The highest BCUT2D eigenvalue weighted by Gasteiger charge is 2.33. The molecule has 18 heavy (non-hydrogen) atoms. The van der Waals surface area contributed by atoms with Crippen LogP contribution in [0.5, 0.6) is 0 Å². The summed E-state index contributed by atoms with van der Waals surface area (Å²) in [5.74, 6) is 2.14. The van der Waals surface area contributed by atoms with Crippen LogP contribution >= 0.6 is 0 Å². The van der Waals surface area contributed by atoms with Crippen LogP contribution in [0, 0.1) is 11.8 Å². The van der Waals surface area contributed by atoms with E-state index in [1.54, 1.807) is 12.1 Å². The molecule has 4 nitrogen and oxygen atoms in total. The summed E-state index contributed by atoms with van der Waals surface area (Å²) in [5, 5.41) is 8.96. The van der Waals surface area contributed by atoms with Crippen molar-refractivity contribution in [2.75, 3.05) is 13.1 Å². The topological polar surface area (TPSA) is 53.7 Å². The van der Waals surface area contributed by atoms with Gasteiger partial charge in [0.2, 0.25) is 0 Å². The third-order valence-corrected chi connectivity index (χ3v) is 4.16. The Kier molecular flexibility index (Phi) is 3.12. The molecule has 1 amide bonds. The molecule has 1 aliphatic heterocycles. The zero-order chi connectivity index (χ0) is 12.5. The molecule has 4 heteroatoms. The second kappa shape index (κ2) is 4.76. The lowest BCUT2D eigenvalue weighted by atomic mass is 9.78. The summed E-state index contributed by atoms with van der Waals surface area (Å²) in [6.45, 7) is 1.58. The molecule has 1 aromatic heterocycles. The van der Waals surface area contributed by atoms with Gasteiger partial charge in [0, 0.05) is 13.1 Å². The predicted octanol–water partition coefficient (Wildman–Crippen LogP) is 2.03. The van der Waals surface area contributed by atoms with Crippen LogP contribution in [0.25, 0.3) is 0 Å². The number of hydrogen-bond acceptors (Lipinski definition) is 3. The van der Waals surface area contributed by atoms with Crippen molar-refractivity contribution in [2.24, 2.45) is 11.8 Å². The Hall–Kier alpha value is -1.29. The molecule has 2 heterocycles. The largest absolute Gasteiger partial charge is 0.453 e. The molecule has 1 aromatic rings. The van der Waals surface area contributed by atoms with Crippen molar-refractivity contribution < 1.29 is 14.3 Å². The molecule has 0 aromatic carbocycles. The van der Waals surface area contributed by atoms with Crippen molar-refractivity contribution in [3.05, 3.63) is 23.7 Å².